The molecule has 74 valence electrons. The lowest BCUT2D eigenvalue weighted by Crippen LogP contribution is -2.12. The van der Waals surface area contributed by atoms with Crippen molar-refractivity contribution >= 4 is 23.2 Å². The van der Waals surface area contributed by atoms with Gasteiger partial charge in [-0.05, 0) is 6.07 Å². The minimum atomic E-state index is -0.204. The molecule has 1 heterocycles. The fourth-order valence-corrected chi connectivity index (χ4v) is 0.982. The zero-order chi connectivity index (χ0) is 10.6. The van der Waals surface area contributed by atoms with Crippen LogP contribution < -0.4 is 10.6 Å². The number of nitrogens with zero attached hydrogens (tertiary/aromatic N) is 1. The first-order valence-electron chi connectivity index (χ1n) is 4.09. The van der Waals surface area contributed by atoms with Crippen LogP contribution in [0.1, 0.15) is 13.8 Å². The predicted molar refractivity (Wildman–Crippen MR) is 52.8 cm³/mol. The summed E-state index contributed by atoms with van der Waals surface area (Å²) in [5.74, 6) is -0.396. The van der Waals surface area contributed by atoms with Crippen molar-refractivity contribution in [3.63, 3.8) is 0 Å². The number of pyridine rings is 1. The van der Waals surface area contributed by atoms with E-state index in [9.17, 15) is 9.59 Å². The Morgan fingerprint density at radius 3 is 2.29 bits per heavy atom. The third-order valence-corrected chi connectivity index (χ3v) is 1.44. The summed E-state index contributed by atoms with van der Waals surface area (Å²) in [4.78, 5) is 25.4. The molecule has 0 aliphatic rings. The van der Waals surface area contributed by atoms with Gasteiger partial charge in [0.05, 0.1) is 17.6 Å². The van der Waals surface area contributed by atoms with Gasteiger partial charge in [-0.15, -0.1) is 0 Å². The lowest BCUT2D eigenvalue weighted by Gasteiger charge is -2.08. The molecule has 1 rings (SSSR count). The van der Waals surface area contributed by atoms with Gasteiger partial charge in [0.2, 0.25) is 11.8 Å². The summed E-state index contributed by atoms with van der Waals surface area (Å²) >= 11 is 0. The van der Waals surface area contributed by atoms with Gasteiger partial charge in [0, 0.05) is 20.0 Å². The fourth-order valence-electron chi connectivity index (χ4n) is 0.982. The molecule has 0 radical (unpaired) electrons. The van der Waals surface area contributed by atoms with Crippen LogP contribution in [0.2, 0.25) is 0 Å². The summed E-state index contributed by atoms with van der Waals surface area (Å²) in [5.41, 5.74) is 1.04. The molecule has 0 bridgehead atoms. The molecule has 0 aromatic carbocycles. The van der Waals surface area contributed by atoms with Gasteiger partial charge in [-0.3, -0.25) is 14.6 Å². The number of carbonyl (C=O) groups excluding carboxylic acids is 2. The van der Waals surface area contributed by atoms with E-state index in [0.717, 1.165) is 0 Å². The Bertz CT molecular complexity index is 328. The van der Waals surface area contributed by atoms with Crippen LogP contribution in [-0.2, 0) is 9.59 Å². The maximum atomic E-state index is 10.8. The second-order valence-electron chi connectivity index (χ2n) is 2.78. The highest BCUT2D eigenvalue weighted by molar-refractivity contribution is 5.97. The molecule has 0 unspecified atom stereocenters. The zero-order valence-electron chi connectivity index (χ0n) is 8.00. The molecule has 0 aliphatic carbocycles. The molecule has 0 saturated carbocycles. The number of nitrogens with one attached hydrogen (secondary N) is 2. The van der Waals surface area contributed by atoms with Gasteiger partial charge in [-0.2, -0.15) is 0 Å². The SMILES string of the molecule is CC(=O)Nc1ccncc1NC(C)=O. The van der Waals surface area contributed by atoms with Crippen molar-refractivity contribution in [2.45, 2.75) is 13.8 Å². The molecule has 2 amide bonds. The summed E-state index contributed by atoms with van der Waals surface area (Å²) in [6.07, 6.45) is 3.02. The van der Waals surface area contributed by atoms with Gasteiger partial charge >= 0.3 is 0 Å². The smallest absolute Gasteiger partial charge is 0.221 e. The topological polar surface area (TPSA) is 71.1 Å². The van der Waals surface area contributed by atoms with Crippen molar-refractivity contribution in [3.8, 4) is 0 Å². The van der Waals surface area contributed by atoms with Crippen LogP contribution in [0.4, 0.5) is 11.4 Å². The number of carbonyl (C=O) groups is 2. The first kappa shape index (κ1) is 10.2. The van der Waals surface area contributed by atoms with Crippen molar-refractivity contribution in [1.82, 2.24) is 4.98 Å². The molecular formula is C9H11N3O2. The molecule has 14 heavy (non-hydrogen) atoms. The molecule has 0 spiro atoms. The fraction of sp³-hybridized carbons (Fsp3) is 0.222. The molecule has 5 heteroatoms. The first-order chi connectivity index (χ1) is 6.59. The van der Waals surface area contributed by atoms with Crippen LogP contribution in [0.15, 0.2) is 18.5 Å². The van der Waals surface area contributed by atoms with E-state index in [1.54, 1.807) is 6.07 Å². The van der Waals surface area contributed by atoms with Gasteiger partial charge in [-0.1, -0.05) is 0 Å². The van der Waals surface area contributed by atoms with Crippen LogP contribution in [0.5, 0.6) is 0 Å². The third kappa shape index (κ3) is 2.85. The van der Waals surface area contributed by atoms with E-state index in [-0.39, 0.29) is 11.8 Å². The van der Waals surface area contributed by atoms with Crippen LogP contribution in [0.3, 0.4) is 0 Å². The molecular weight excluding hydrogens is 182 g/mol. The number of amides is 2. The average molecular weight is 193 g/mol. The molecule has 2 N–H and O–H groups in total. The summed E-state index contributed by atoms with van der Waals surface area (Å²) in [5, 5.41) is 5.15. The maximum absolute atomic E-state index is 10.8. The monoisotopic (exact) mass is 193 g/mol. The van der Waals surface area contributed by atoms with Crippen molar-refractivity contribution in [1.29, 1.82) is 0 Å². The van der Waals surface area contributed by atoms with E-state index in [4.69, 9.17) is 0 Å². The summed E-state index contributed by atoms with van der Waals surface area (Å²) in [7, 11) is 0. The van der Waals surface area contributed by atoms with Crippen LogP contribution in [0, 0.1) is 0 Å². The summed E-state index contributed by atoms with van der Waals surface area (Å²) in [6.45, 7) is 2.79. The third-order valence-electron chi connectivity index (χ3n) is 1.44. The molecule has 0 saturated heterocycles. The highest BCUT2D eigenvalue weighted by Gasteiger charge is 2.04. The van der Waals surface area contributed by atoms with Crippen LogP contribution in [-0.4, -0.2) is 16.8 Å². The van der Waals surface area contributed by atoms with Crippen molar-refractivity contribution in [2.75, 3.05) is 10.6 Å². The quantitative estimate of drug-likeness (QED) is 0.736. The van der Waals surface area contributed by atoms with Crippen molar-refractivity contribution < 1.29 is 9.59 Å². The summed E-state index contributed by atoms with van der Waals surface area (Å²) in [6, 6.07) is 1.62. The zero-order valence-corrected chi connectivity index (χ0v) is 8.00. The molecule has 0 fully saturated rings. The standard InChI is InChI=1S/C9H11N3O2/c1-6(13)11-8-3-4-10-5-9(8)12-7(2)14/h3-5H,1-2H3,(H,12,14)(H,10,11,13). The Labute approximate surface area is 81.5 Å². The lowest BCUT2D eigenvalue weighted by molar-refractivity contribution is -0.115. The van der Waals surface area contributed by atoms with Gasteiger partial charge in [0.15, 0.2) is 0 Å². The molecule has 1 aromatic rings. The van der Waals surface area contributed by atoms with Gasteiger partial charge in [0.25, 0.3) is 0 Å². The average Bonchev–Trinajstić information content (AvgIpc) is 2.06. The molecule has 5 nitrogen and oxygen atoms in total. The maximum Gasteiger partial charge on any atom is 0.221 e. The Morgan fingerprint density at radius 1 is 1.14 bits per heavy atom. The minimum absolute atomic E-state index is 0.192. The van der Waals surface area contributed by atoms with E-state index in [1.807, 2.05) is 0 Å². The van der Waals surface area contributed by atoms with Crippen LogP contribution >= 0.6 is 0 Å². The summed E-state index contributed by atoms with van der Waals surface area (Å²) < 4.78 is 0. The van der Waals surface area contributed by atoms with E-state index in [0.29, 0.717) is 11.4 Å². The predicted octanol–water partition coefficient (Wildman–Crippen LogP) is 0.998. The van der Waals surface area contributed by atoms with Crippen molar-refractivity contribution in [2.24, 2.45) is 0 Å². The highest BCUT2D eigenvalue weighted by Crippen LogP contribution is 2.18. The lowest BCUT2D eigenvalue weighted by atomic mass is 10.3. The Kier molecular flexibility index (Phi) is 3.17. The van der Waals surface area contributed by atoms with E-state index < -0.39 is 0 Å². The van der Waals surface area contributed by atoms with Crippen LogP contribution in [0.25, 0.3) is 0 Å². The number of aromatic nitrogens is 1. The molecule has 0 aliphatic heterocycles. The second-order valence-corrected chi connectivity index (χ2v) is 2.78. The van der Waals surface area contributed by atoms with Gasteiger partial charge in [-0.25, -0.2) is 0 Å². The highest BCUT2D eigenvalue weighted by atomic mass is 16.2. The number of rotatable bonds is 2. The minimum Gasteiger partial charge on any atom is -0.324 e. The number of hydrogen-bond acceptors (Lipinski definition) is 3. The normalized spacial score (nSPS) is 9.29. The van der Waals surface area contributed by atoms with Gasteiger partial charge in [0.1, 0.15) is 0 Å². The first-order valence-corrected chi connectivity index (χ1v) is 4.09. The molecule has 0 atom stereocenters. The van der Waals surface area contributed by atoms with E-state index >= 15 is 0 Å². The Balaban J connectivity index is 2.90. The van der Waals surface area contributed by atoms with Gasteiger partial charge < -0.3 is 10.6 Å². The van der Waals surface area contributed by atoms with E-state index in [2.05, 4.69) is 15.6 Å². The van der Waals surface area contributed by atoms with Crippen molar-refractivity contribution in [3.05, 3.63) is 18.5 Å². The number of hydrogen-bond donors (Lipinski definition) is 2. The Morgan fingerprint density at radius 2 is 1.71 bits per heavy atom. The van der Waals surface area contributed by atoms with E-state index in [1.165, 1.54) is 26.2 Å². The second kappa shape index (κ2) is 4.36. The number of anilines is 2. The molecule has 1 aromatic heterocycles. The largest absolute Gasteiger partial charge is 0.324 e. The Hall–Kier alpha value is -1.91.